The average molecular weight is 313 g/mol. The molecule has 23 heavy (non-hydrogen) atoms. The van der Waals surface area contributed by atoms with E-state index in [2.05, 4.69) is 10.4 Å². The molecule has 0 atom stereocenters. The maximum atomic E-state index is 12.5. The summed E-state index contributed by atoms with van der Waals surface area (Å²) < 4.78 is 1.74. The van der Waals surface area contributed by atoms with E-state index >= 15 is 0 Å². The highest BCUT2D eigenvalue weighted by Gasteiger charge is 2.23. The number of carbonyl (C=O) groups is 1. The lowest BCUT2D eigenvalue weighted by atomic mass is 9.86. The second kappa shape index (κ2) is 6.96. The van der Waals surface area contributed by atoms with Crippen molar-refractivity contribution in [3.05, 3.63) is 47.8 Å². The number of aliphatic hydroxyl groups excluding tert-OH is 1. The largest absolute Gasteiger partial charge is 0.396 e. The third-order valence-electron chi connectivity index (χ3n) is 4.60. The number of nitrogens with one attached hydrogen (secondary N) is 1. The average Bonchev–Trinajstić information content (AvgIpc) is 2.98. The van der Waals surface area contributed by atoms with E-state index in [1.165, 1.54) is 0 Å². The van der Waals surface area contributed by atoms with Crippen molar-refractivity contribution in [1.29, 1.82) is 0 Å². The highest BCUT2D eigenvalue weighted by Crippen LogP contribution is 2.24. The van der Waals surface area contributed by atoms with Crippen LogP contribution in [0, 0.1) is 12.8 Å². The minimum atomic E-state index is -0.0582. The van der Waals surface area contributed by atoms with Crippen molar-refractivity contribution in [1.82, 2.24) is 15.1 Å². The molecule has 1 amide bonds. The standard InChI is InChI=1S/C18H23N3O2/c1-13-17(11-21(20-13)16-5-3-2-4-6-16)18(23)19-15-9-7-14(12-22)8-10-15/h2-6,11,14-15,22H,7-10,12H2,1H3,(H,19,23). The third kappa shape index (κ3) is 3.62. The van der Waals surface area contributed by atoms with Crippen molar-refractivity contribution in [3.63, 3.8) is 0 Å². The first kappa shape index (κ1) is 15.7. The van der Waals surface area contributed by atoms with Gasteiger partial charge in [-0.25, -0.2) is 4.68 Å². The Bertz CT molecular complexity index is 658. The van der Waals surface area contributed by atoms with E-state index in [1.807, 2.05) is 37.3 Å². The predicted octanol–water partition coefficient (Wildman–Crippen LogP) is 2.46. The normalized spacial score (nSPS) is 21.1. The fourth-order valence-corrected chi connectivity index (χ4v) is 3.15. The molecule has 5 heteroatoms. The van der Waals surface area contributed by atoms with Gasteiger partial charge in [-0.2, -0.15) is 5.10 Å². The Morgan fingerprint density at radius 2 is 1.96 bits per heavy atom. The van der Waals surface area contributed by atoms with Crippen molar-refractivity contribution < 1.29 is 9.90 Å². The summed E-state index contributed by atoms with van der Waals surface area (Å²) in [5.41, 5.74) is 2.30. The van der Waals surface area contributed by atoms with Gasteiger partial charge in [0.2, 0.25) is 0 Å². The van der Waals surface area contributed by atoms with Crippen molar-refractivity contribution >= 4 is 5.91 Å². The van der Waals surface area contributed by atoms with E-state index in [9.17, 15) is 9.90 Å². The Labute approximate surface area is 136 Å². The highest BCUT2D eigenvalue weighted by molar-refractivity contribution is 5.95. The summed E-state index contributed by atoms with van der Waals surface area (Å²) in [6.07, 6.45) is 5.61. The number of hydrogen-bond donors (Lipinski definition) is 2. The van der Waals surface area contributed by atoms with Gasteiger partial charge in [0.15, 0.2) is 0 Å². The quantitative estimate of drug-likeness (QED) is 0.911. The Hall–Kier alpha value is -2.14. The maximum absolute atomic E-state index is 12.5. The number of amides is 1. The van der Waals surface area contributed by atoms with Gasteiger partial charge in [-0.3, -0.25) is 4.79 Å². The molecule has 1 fully saturated rings. The number of para-hydroxylation sites is 1. The molecule has 0 bridgehead atoms. The summed E-state index contributed by atoms with van der Waals surface area (Å²) in [4.78, 5) is 12.5. The van der Waals surface area contributed by atoms with Gasteiger partial charge >= 0.3 is 0 Å². The fraction of sp³-hybridized carbons (Fsp3) is 0.444. The number of carbonyl (C=O) groups excluding carboxylic acids is 1. The number of benzene rings is 1. The van der Waals surface area contributed by atoms with Gasteiger partial charge in [-0.15, -0.1) is 0 Å². The van der Waals surface area contributed by atoms with E-state index in [0.29, 0.717) is 11.5 Å². The number of aromatic nitrogens is 2. The van der Waals surface area contributed by atoms with Crippen molar-refractivity contribution in [2.45, 2.75) is 38.6 Å². The van der Waals surface area contributed by atoms with Crippen LogP contribution in [0.25, 0.3) is 5.69 Å². The Morgan fingerprint density at radius 3 is 2.61 bits per heavy atom. The van der Waals surface area contributed by atoms with Crippen LogP contribution in [0.5, 0.6) is 0 Å². The molecule has 1 saturated carbocycles. The lowest BCUT2D eigenvalue weighted by Crippen LogP contribution is -2.38. The molecule has 0 unspecified atom stereocenters. The molecule has 122 valence electrons. The first-order chi connectivity index (χ1) is 11.2. The minimum absolute atomic E-state index is 0.0582. The summed E-state index contributed by atoms with van der Waals surface area (Å²) in [5.74, 6) is 0.336. The van der Waals surface area contributed by atoms with Gasteiger partial charge in [0.25, 0.3) is 5.91 Å². The van der Waals surface area contributed by atoms with Crippen LogP contribution in [0.3, 0.4) is 0 Å². The first-order valence-electron chi connectivity index (χ1n) is 8.21. The first-order valence-corrected chi connectivity index (χ1v) is 8.21. The molecular weight excluding hydrogens is 290 g/mol. The number of hydrogen-bond acceptors (Lipinski definition) is 3. The van der Waals surface area contributed by atoms with Crippen LogP contribution < -0.4 is 5.32 Å². The molecular formula is C18H23N3O2. The molecule has 2 N–H and O–H groups in total. The van der Waals surface area contributed by atoms with Gasteiger partial charge in [0, 0.05) is 18.8 Å². The second-order valence-electron chi connectivity index (χ2n) is 6.28. The summed E-state index contributed by atoms with van der Waals surface area (Å²) in [6.45, 7) is 2.11. The summed E-state index contributed by atoms with van der Waals surface area (Å²) in [5, 5.41) is 16.7. The molecule has 1 aliphatic carbocycles. The molecule has 3 rings (SSSR count). The van der Waals surface area contributed by atoms with Gasteiger partial charge in [-0.1, -0.05) is 18.2 Å². The molecule has 0 saturated heterocycles. The maximum Gasteiger partial charge on any atom is 0.254 e. The molecule has 1 aromatic carbocycles. The lowest BCUT2D eigenvalue weighted by molar-refractivity contribution is 0.0913. The van der Waals surface area contributed by atoms with Crippen LogP contribution in [0.1, 0.15) is 41.7 Å². The summed E-state index contributed by atoms with van der Waals surface area (Å²) in [6, 6.07) is 9.98. The Balaban J connectivity index is 1.67. The number of rotatable bonds is 4. The number of aryl methyl sites for hydroxylation is 1. The van der Waals surface area contributed by atoms with E-state index in [1.54, 1.807) is 10.9 Å². The van der Waals surface area contributed by atoms with Crippen LogP contribution >= 0.6 is 0 Å². The van der Waals surface area contributed by atoms with Crippen LogP contribution in [-0.4, -0.2) is 33.4 Å². The predicted molar refractivity (Wildman–Crippen MR) is 88.6 cm³/mol. The van der Waals surface area contributed by atoms with Crippen LogP contribution in [0.4, 0.5) is 0 Å². The zero-order chi connectivity index (χ0) is 16.2. The van der Waals surface area contributed by atoms with Gasteiger partial charge in [0.1, 0.15) is 0 Å². The van der Waals surface area contributed by atoms with Gasteiger partial charge < -0.3 is 10.4 Å². The van der Waals surface area contributed by atoms with Crippen LogP contribution in [-0.2, 0) is 0 Å². The van der Waals surface area contributed by atoms with Gasteiger partial charge in [0.05, 0.1) is 16.9 Å². The van der Waals surface area contributed by atoms with E-state index in [0.717, 1.165) is 37.1 Å². The van der Waals surface area contributed by atoms with Gasteiger partial charge in [-0.05, 0) is 50.7 Å². The molecule has 5 nitrogen and oxygen atoms in total. The molecule has 1 heterocycles. The SMILES string of the molecule is Cc1nn(-c2ccccc2)cc1C(=O)NC1CCC(CO)CC1. The second-order valence-corrected chi connectivity index (χ2v) is 6.28. The van der Waals surface area contributed by atoms with Crippen LogP contribution in [0.2, 0.25) is 0 Å². The smallest absolute Gasteiger partial charge is 0.254 e. The number of nitrogens with zero attached hydrogens (tertiary/aromatic N) is 2. The number of aliphatic hydroxyl groups is 1. The van der Waals surface area contributed by atoms with E-state index in [-0.39, 0.29) is 18.6 Å². The van der Waals surface area contributed by atoms with E-state index in [4.69, 9.17) is 0 Å². The lowest BCUT2D eigenvalue weighted by Gasteiger charge is -2.27. The zero-order valence-corrected chi connectivity index (χ0v) is 13.4. The topological polar surface area (TPSA) is 67.2 Å². The van der Waals surface area contributed by atoms with Crippen molar-refractivity contribution in [3.8, 4) is 5.69 Å². The molecule has 0 spiro atoms. The monoisotopic (exact) mass is 313 g/mol. The van der Waals surface area contributed by atoms with Crippen molar-refractivity contribution in [2.75, 3.05) is 6.61 Å². The Kier molecular flexibility index (Phi) is 4.76. The van der Waals surface area contributed by atoms with Crippen molar-refractivity contribution in [2.24, 2.45) is 5.92 Å². The zero-order valence-electron chi connectivity index (χ0n) is 13.4. The molecule has 2 aromatic rings. The molecule has 0 aliphatic heterocycles. The fourth-order valence-electron chi connectivity index (χ4n) is 3.15. The summed E-state index contributed by atoms with van der Waals surface area (Å²) >= 11 is 0. The van der Waals surface area contributed by atoms with Crippen LogP contribution in [0.15, 0.2) is 36.5 Å². The Morgan fingerprint density at radius 1 is 1.26 bits per heavy atom. The minimum Gasteiger partial charge on any atom is -0.396 e. The molecule has 1 aromatic heterocycles. The highest BCUT2D eigenvalue weighted by atomic mass is 16.3. The molecule has 1 aliphatic rings. The third-order valence-corrected chi connectivity index (χ3v) is 4.60. The summed E-state index contributed by atoms with van der Waals surface area (Å²) in [7, 11) is 0. The van der Waals surface area contributed by atoms with E-state index < -0.39 is 0 Å². The molecule has 0 radical (unpaired) electrons.